The van der Waals surface area contributed by atoms with Crippen LogP contribution in [-0.4, -0.2) is 16.4 Å². The first-order valence-corrected chi connectivity index (χ1v) is 5.86. The summed E-state index contributed by atoms with van der Waals surface area (Å²) in [5, 5.41) is 8.83. The third kappa shape index (κ3) is 4.11. The zero-order valence-electron chi connectivity index (χ0n) is 8.24. The van der Waals surface area contributed by atoms with Crippen LogP contribution in [0.5, 0.6) is 0 Å². The molecule has 1 amide bonds. The van der Waals surface area contributed by atoms with Gasteiger partial charge in [0, 0.05) is 10.8 Å². The monoisotopic (exact) mass is 245 g/mol. The lowest BCUT2D eigenvalue weighted by molar-refractivity contribution is -0.128. The van der Waals surface area contributed by atoms with Crippen molar-refractivity contribution in [3.8, 4) is 0 Å². The maximum absolute atomic E-state index is 11.0. The highest BCUT2D eigenvalue weighted by molar-refractivity contribution is 7.99. The van der Waals surface area contributed by atoms with Gasteiger partial charge in [0.1, 0.15) is 0 Å². The van der Waals surface area contributed by atoms with E-state index in [4.69, 9.17) is 16.8 Å². The van der Waals surface area contributed by atoms with Crippen LogP contribution < -0.4 is 5.48 Å². The Morgan fingerprint density at radius 1 is 1.53 bits per heavy atom. The predicted octanol–water partition coefficient (Wildman–Crippen LogP) is 2.47. The quantitative estimate of drug-likeness (QED) is 0.633. The Bertz CT molecular complexity index is 329. The van der Waals surface area contributed by atoms with Crippen molar-refractivity contribution in [2.24, 2.45) is 0 Å². The number of nitrogens with one attached hydrogen (secondary N) is 1. The summed E-state index contributed by atoms with van der Waals surface area (Å²) in [6.45, 7) is 1.74. The van der Waals surface area contributed by atoms with Crippen molar-refractivity contribution in [2.75, 3.05) is 0 Å². The number of hydroxylamine groups is 1. The molecule has 1 aromatic carbocycles. The number of thioether (sulfide) groups is 1. The van der Waals surface area contributed by atoms with Crippen molar-refractivity contribution in [2.45, 2.75) is 17.9 Å². The maximum atomic E-state index is 11.0. The fourth-order valence-electron chi connectivity index (χ4n) is 0.968. The van der Waals surface area contributed by atoms with E-state index in [1.807, 2.05) is 24.3 Å². The van der Waals surface area contributed by atoms with Gasteiger partial charge in [0.05, 0.1) is 5.25 Å². The Morgan fingerprint density at radius 2 is 2.13 bits per heavy atom. The van der Waals surface area contributed by atoms with Gasteiger partial charge in [0.25, 0.3) is 5.91 Å². The van der Waals surface area contributed by atoms with Crippen molar-refractivity contribution in [1.29, 1.82) is 0 Å². The highest BCUT2D eigenvalue weighted by atomic mass is 35.5. The van der Waals surface area contributed by atoms with Gasteiger partial charge in [0.2, 0.25) is 0 Å². The van der Waals surface area contributed by atoms with Crippen molar-refractivity contribution < 1.29 is 10.0 Å². The Morgan fingerprint density at radius 3 is 2.67 bits per heavy atom. The van der Waals surface area contributed by atoms with Gasteiger partial charge in [-0.1, -0.05) is 23.7 Å². The molecule has 1 aromatic rings. The zero-order chi connectivity index (χ0) is 11.3. The molecule has 0 heterocycles. The first-order valence-electron chi connectivity index (χ1n) is 4.43. The number of amides is 1. The summed E-state index contributed by atoms with van der Waals surface area (Å²) < 4.78 is 0. The second-order valence-corrected chi connectivity index (χ2v) is 4.82. The third-order valence-electron chi connectivity index (χ3n) is 1.89. The number of benzene rings is 1. The second kappa shape index (κ2) is 6.00. The minimum atomic E-state index is -0.381. The van der Waals surface area contributed by atoms with Crippen molar-refractivity contribution in [3.05, 3.63) is 34.9 Å². The van der Waals surface area contributed by atoms with Crippen LogP contribution in [0.4, 0.5) is 0 Å². The summed E-state index contributed by atoms with van der Waals surface area (Å²) in [6.07, 6.45) is 0. The molecule has 2 N–H and O–H groups in total. The largest absolute Gasteiger partial charge is 0.289 e. The second-order valence-electron chi connectivity index (χ2n) is 3.06. The minimum absolute atomic E-state index is 0.273. The SMILES string of the molecule is CC(SCc1ccc(Cl)cc1)C(=O)NO. The van der Waals surface area contributed by atoms with E-state index in [0.717, 1.165) is 5.56 Å². The van der Waals surface area contributed by atoms with Gasteiger partial charge in [-0.2, -0.15) is 0 Å². The molecule has 0 aliphatic heterocycles. The minimum Gasteiger partial charge on any atom is -0.289 e. The Balaban J connectivity index is 2.43. The molecule has 0 saturated heterocycles. The van der Waals surface area contributed by atoms with Crippen LogP contribution in [0.25, 0.3) is 0 Å². The molecule has 15 heavy (non-hydrogen) atoms. The van der Waals surface area contributed by atoms with Gasteiger partial charge in [0.15, 0.2) is 0 Å². The summed E-state index contributed by atoms with van der Waals surface area (Å²) in [5.41, 5.74) is 2.73. The molecule has 0 aromatic heterocycles. The molecule has 1 unspecified atom stereocenters. The number of rotatable bonds is 4. The summed E-state index contributed by atoms with van der Waals surface area (Å²) >= 11 is 7.20. The molecule has 0 bridgehead atoms. The predicted molar refractivity (Wildman–Crippen MR) is 62.1 cm³/mol. The standard InChI is InChI=1S/C10H12ClNO2S/c1-7(10(13)12-14)15-6-8-2-4-9(11)5-3-8/h2-5,7,14H,6H2,1H3,(H,12,13). The van der Waals surface area contributed by atoms with Gasteiger partial charge < -0.3 is 0 Å². The summed E-state index contributed by atoms with van der Waals surface area (Å²) in [4.78, 5) is 11.0. The number of carbonyl (C=O) groups excluding carboxylic acids is 1. The van der Waals surface area contributed by atoms with Crippen LogP contribution in [0, 0.1) is 0 Å². The lowest BCUT2D eigenvalue weighted by Gasteiger charge is -2.08. The molecular formula is C10H12ClNO2S. The first-order chi connectivity index (χ1) is 7.13. The van der Waals surface area contributed by atoms with Gasteiger partial charge in [-0.15, -0.1) is 11.8 Å². The normalized spacial score (nSPS) is 12.2. The zero-order valence-corrected chi connectivity index (χ0v) is 9.81. The fourth-order valence-corrected chi connectivity index (χ4v) is 1.93. The maximum Gasteiger partial charge on any atom is 0.256 e. The van der Waals surface area contributed by atoms with E-state index in [1.165, 1.54) is 11.8 Å². The van der Waals surface area contributed by atoms with Crippen molar-refractivity contribution in [3.63, 3.8) is 0 Å². The Kier molecular flexibility index (Phi) is 4.94. The van der Waals surface area contributed by atoms with Gasteiger partial charge >= 0.3 is 0 Å². The van der Waals surface area contributed by atoms with Crippen LogP contribution in [-0.2, 0) is 10.5 Å². The van der Waals surface area contributed by atoms with E-state index in [9.17, 15) is 4.79 Å². The van der Waals surface area contributed by atoms with Crippen molar-refractivity contribution in [1.82, 2.24) is 5.48 Å². The topological polar surface area (TPSA) is 49.3 Å². The molecule has 1 rings (SSSR count). The third-order valence-corrected chi connectivity index (χ3v) is 3.36. The Labute approximate surface area is 97.8 Å². The van der Waals surface area contributed by atoms with E-state index in [-0.39, 0.29) is 11.2 Å². The first kappa shape index (κ1) is 12.4. The van der Waals surface area contributed by atoms with Crippen LogP contribution in [0.15, 0.2) is 24.3 Å². The molecule has 0 aliphatic carbocycles. The van der Waals surface area contributed by atoms with Crippen LogP contribution in [0.2, 0.25) is 5.02 Å². The molecule has 3 nitrogen and oxygen atoms in total. The average molecular weight is 246 g/mol. The van der Waals surface area contributed by atoms with Crippen LogP contribution >= 0.6 is 23.4 Å². The summed E-state index contributed by atoms with van der Waals surface area (Å²) in [7, 11) is 0. The van der Waals surface area contributed by atoms with E-state index >= 15 is 0 Å². The Hall–Kier alpha value is -0.710. The lowest BCUT2D eigenvalue weighted by atomic mass is 10.2. The van der Waals surface area contributed by atoms with Crippen LogP contribution in [0.1, 0.15) is 12.5 Å². The molecule has 0 saturated carbocycles. The number of carbonyl (C=O) groups is 1. The molecule has 0 spiro atoms. The van der Waals surface area contributed by atoms with Gasteiger partial charge in [-0.25, -0.2) is 5.48 Å². The summed E-state index contributed by atoms with van der Waals surface area (Å²) in [5.74, 6) is 0.333. The van der Waals surface area contributed by atoms with E-state index in [2.05, 4.69) is 0 Å². The number of hydrogen-bond acceptors (Lipinski definition) is 3. The molecule has 0 radical (unpaired) electrons. The van der Waals surface area contributed by atoms with Crippen molar-refractivity contribution >= 4 is 29.3 Å². The number of halogens is 1. The molecular weight excluding hydrogens is 234 g/mol. The summed E-state index contributed by atoms with van der Waals surface area (Å²) in [6, 6.07) is 7.46. The highest BCUT2D eigenvalue weighted by Crippen LogP contribution is 2.19. The average Bonchev–Trinajstić information content (AvgIpc) is 2.26. The van der Waals surface area contributed by atoms with E-state index in [0.29, 0.717) is 10.8 Å². The molecule has 5 heteroatoms. The van der Waals surface area contributed by atoms with Crippen LogP contribution in [0.3, 0.4) is 0 Å². The smallest absolute Gasteiger partial charge is 0.256 e. The fraction of sp³-hybridized carbons (Fsp3) is 0.300. The highest BCUT2D eigenvalue weighted by Gasteiger charge is 2.11. The van der Waals surface area contributed by atoms with E-state index in [1.54, 1.807) is 12.4 Å². The van der Waals surface area contributed by atoms with E-state index < -0.39 is 0 Å². The number of hydrogen-bond donors (Lipinski definition) is 2. The van der Waals surface area contributed by atoms with Gasteiger partial charge in [-0.3, -0.25) is 10.0 Å². The molecule has 82 valence electrons. The molecule has 0 fully saturated rings. The molecule has 1 atom stereocenters. The molecule has 0 aliphatic rings. The lowest BCUT2D eigenvalue weighted by Crippen LogP contribution is -2.27. The van der Waals surface area contributed by atoms with Gasteiger partial charge in [-0.05, 0) is 24.6 Å².